The maximum atomic E-state index is 11.0. The molecule has 12 heavy (non-hydrogen) atoms. The van der Waals surface area contributed by atoms with Crippen LogP contribution < -0.4 is 4.72 Å². The Balaban J connectivity index is 4.38. The zero-order valence-corrected chi connectivity index (χ0v) is 8.34. The van der Waals surface area contributed by atoms with Crippen molar-refractivity contribution in [3.63, 3.8) is 0 Å². The number of nitrogens with zero attached hydrogens (tertiary/aromatic N) is 2. The Labute approximate surface area is 72.3 Å². The molecule has 0 saturated heterocycles. The van der Waals surface area contributed by atoms with Crippen molar-refractivity contribution in [2.45, 2.75) is 0 Å². The maximum Gasteiger partial charge on any atom is 0.331 e. The summed E-state index contributed by atoms with van der Waals surface area (Å²) in [5.41, 5.74) is 0. The van der Waals surface area contributed by atoms with Crippen LogP contribution in [-0.4, -0.2) is 51.8 Å². The summed E-state index contributed by atoms with van der Waals surface area (Å²) in [5, 5.41) is 0. The molecule has 0 aliphatic rings. The molecule has 7 heteroatoms. The van der Waals surface area contributed by atoms with Crippen LogP contribution in [-0.2, 0) is 10.2 Å². The van der Waals surface area contributed by atoms with Crippen molar-refractivity contribution >= 4 is 16.2 Å². The van der Waals surface area contributed by atoms with E-state index in [2.05, 4.69) is 0 Å². The number of urea groups is 1. The zero-order valence-electron chi connectivity index (χ0n) is 7.53. The summed E-state index contributed by atoms with van der Waals surface area (Å²) in [6, 6.07) is -0.663. The van der Waals surface area contributed by atoms with Gasteiger partial charge in [-0.15, -0.1) is 0 Å². The first-order valence-corrected chi connectivity index (χ1v) is 4.63. The standard InChI is InChI=1S/C5H13N3O3S/c1-7(2)5(9)6-12(10,11)8(3)4/h1-4H3,(H,6,9). The predicted molar refractivity (Wildman–Crippen MR) is 44.8 cm³/mol. The smallest absolute Gasteiger partial charge is 0.330 e. The second-order valence-corrected chi connectivity index (χ2v) is 4.47. The van der Waals surface area contributed by atoms with Crippen LogP contribution in [0.2, 0.25) is 0 Å². The van der Waals surface area contributed by atoms with Crippen LogP contribution in [0.5, 0.6) is 0 Å². The number of hydrogen-bond acceptors (Lipinski definition) is 3. The van der Waals surface area contributed by atoms with Gasteiger partial charge in [-0.25, -0.2) is 9.52 Å². The van der Waals surface area contributed by atoms with Crippen molar-refractivity contribution in [3.8, 4) is 0 Å². The largest absolute Gasteiger partial charge is 0.331 e. The van der Waals surface area contributed by atoms with E-state index in [1.165, 1.54) is 28.2 Å². The monoisotopic (exact) mass is 195 g/mol. The molecule has 0 radical (unpaired) electrons. The van der Waals surface area contributed by atoms with Crippen LogP contribution in [0.4, 0.5) is 4.79 Å². The summed E-state index contributed by atoms with van der Waals surface area (Å²) in [7, 11) is 1.94. The molecule has 2 amide bonds. The van der Waals surface area contributed by atoms with E-state index in [1.54, 1.807) is 0 Å². The average molecular weight is 195 g/mol. The second-order valence-electron chi connectivity index (χ2n) is 2.59. The van der Waals surface area contributed by atoms with Crippen LogP contribution in [0.3, 0.4) is 0 Å². The number of carbonyl (C=O) groups is 1. The molecule has 0 heterocycles. The average Bonchev–Trinajstić information content (AvgIpc) is 1.85. The Morgan fingerprint density at radius 2 is 1.58 bits per heavy atom. The number of carbonyl (C=O) groups excluding carboxylic acids is 1. The van der Waals surface area contributed by atoms with Crippen molar-refractivity contribution in [1.82, 2.24) is 13.9 Å². The fraction of sp³-hybridized carbons (Fsp3) is 0.800. The van der Waals surface area contributed by atoms with Crippen LogP contribution >= 0.6 is 0 Å². The van der Waals surface area contributed by atoms with Gasteiger partial charge in [0.2, 0.25) is 0 Å². The lowest BCUT2D eigenvalue weighted by molar-refractivity contribution is 0.222. The Morgan fingerprint density at radius 1 is 1.17 bits per heavy atom. The van der Waals surface area contributed by atoms with Gasteiger partial charge in [0.25, 0.3) is 0 Å². The first-order chi connectivity index (χ1) is 5.27. The molecule has 1 N–H and O–H groups in total. The lowest BCUT2D eigenvalue weighted by Crippen LogP contribution is -2.44. The molecule has 0 spiro atoms. The second kappa shape index (κ2) is 3.72. The van der Waals surface area contributed by atoms with Gasteiger partial charge in [0.05, 0.1) is 0 Å². The lowest BCUT2D eigenvalue weighted by Gasteiger charge is -2.15. The minimum absolute atomic E-state index is 0.663. The quantitative estimate of drug-likeness (QED) is 0.618. The van der Waals surface area contributed by atoms with Gasteiger partial charge in [0, 0.05) is 28.2 Å². The van der Waals surface area contributed by atoms with Crippen molar-refractivity contribution in [1.29, 1.82) is 0 Å². The highest BCUT2D eigenvalue weighted by Gasteiger charge is 2.17. The van der Waals surface area contributed by atoms with Gasteiger partial charge in [0.1, 0.15) is 0 Å². The summed E-state index contributed by atoms with van der Waals surface area (Å²) in [6.45, 7) is 0. The first-order valence-electron chi connectivity index (χ1n) is 3.19. The van der Waals surface area contributed by atoms with E-state index >= 15 is 0 Å². The maximum absolute atomic E-state index is 11.0. The first kappa shape index (κ1) is 11.2. The fourth-order valence-corrected chi connectivity index (χ4v) is 0.879. The molecule has 0 atom stereocenters. The number of amides is 2. The van der Waals surface area contributed by atoms with Crippen LogP contribution in [0, 0.1) is 0 Å². The van der Waals surface area contributed by atoms with Gasteiger partial charge < -0.3 is 4.90 Å². The zero-order chi connectivity index (χ0) is 9.94. The lowest BCUT2D eigenvalue weighted by atomic mass is 10.9. The molecule has 0 fully saturated rings. The van der Waals surface area contributed by atoms with E-state index in [0.29, 0.717) is 0 Å². The Morgan fingerprint density at radius 3 is 1.83 bits per heavy atom. The van der Waals surface area contributed by atoms with Gasteiger partial charge in [-0.05, 0) is 0 Å². The molecule has 0 rings (SSSR count). The summed E-state index contributed by atoms with van der Waals surface area (Å²) in [6.07, 6.45) is 0. The molecule has 6 nitrogen and oxygen atoms in total. The van der Waals surface area contributed by atoms with Crippen LogP contribution in [0.1, 0.15) is 0 Å². The molecule has 0 aliphatic heterocycles. The van der Waals surface area contributed by atoms with Crippen molar-refractivity contribution in [3.05, 3.63) is 0 Å². The highest BCUT2D eigenvalue weighted by Crippen LogP contribution is 1.89. The molecule has 0 aromatic rings. The number of nitrogens with one attached hydrogen (secondary N) is 1. The van der Waals surface area contributed by atoms with Gasteiger partial charge in [-0.2, -0.15) is 12.7 Å². The molecule has 72 valence electrons. The van der Waals surface area contributed by atoms with E-state index in [-0.39, 0.29) is 0 Å². The third kappa shape index (κ3) is 3.05. The number of rotatable bonds is 2. The van der Waals surface area contributed by atoms with Gasteiger partial charge >= 0.3 is 16.2 Å². The Hall–Kier alpha value is -0.820. The molecule has 0 aromatic heterocycles. The third-order valence-electron chi connectivity index (χ3n) is 1.10. The van der Waals surface area contributed by atoms with Crippen LogP contribution in [0.25, 0.3) is 0 Å². The summed E-state index contributed by atoms with van der Waals surface area (Å²) in [5.74, 6) is 0. The van der Waals surface area contributed by atoms with Crippen molar-refractivity contribution < 1.29 is 13.2 Å². The number of hydrogen-bond donors (Lipinski definition) is 1. The van der Waals surface area contributed by atoms with Gasteiger partial charge in [-0.3, -0.25) is 0 Å². The molecule has 0 saturated carbocycles. The van der Waals surface area contributed by atoms with Crippen molar-refractivity contribution in [2.75, 3.05) is 28.2 Å². The highest BCUT2D eigenvalue weighted by atomic mass is 32.2. The highest BCUT2D eigenvalue weighted by molar-refractivity contribution is 7.87. The van der Waals surface area contributed by atoms with E-state index in [4.69, 9.17) is 0 Å². The molecule has 0 aromatic carbocycles. The van der Waals surface area contributed by atoms with Crippen LogP contribution in [0.15, 0.2) is 0 Å². The summed E-state index contributed by atoms with van der Waals surface area (Å²) >= 11 is 0. The van der Waals surface area contributed by atoms with Crippen molar-refractivity contribution in [2.24, 2.45) is 0 Å². The molecule has 0 unspecified atom stereocenters. The third-order valence-corrected chi connectivity index (χ3v) is 2.50. The van der Waals surface area contributed by atoms with E-state index in [1.807, 2.05) is 4.72 Å². The van der Waals surface area contributed by atoms with Gasteiger partial charge in [0.15, 0.2) is 0 Å². The summed E-state index contributed by atoms with van der Waals surface area (Å²) in [4.78, 5) is 12.0. The minimum atomic E-state index is -3.65. The van der Waals surface area contributed by atoms with E-state index in [0.717, 1.165) is 9.21 Å². The SMILES string of the molecule is CN(C)C(=O)NS(=O)(=O)N(C)C. The molecule has 0 bridgehead atoms. The topological polar surface area (TPSA) is 69.7 Å². The fourth-order valence-electron chi connectivity index (χ4n) is 0.293. The molecule has 0 aliphatic carbocycles. The van der Waals surface area contributed by atoms with E-state index < -0.39 is 16.2 Å². The molecular formula is C5H13N3O3S. The normalized spacial score (nSPS) is 11.4. The summed E-state index contributed by atoms with van der Waals surface area (Å²) < 4.78 is 24.8. The van der Waals surface area contributed by atoms with E-state index in [9.17, 15) is 13.2 Å². The molecular weight excluding hydrogens is 182 g/mol. The van der Waals surface area contributed by atoms with Gasteiger partial charge in [-0.1, -0.05) is 0 Å². The predicted octanol–water partition coefficient (Wildman–Crippen LogP) is -0.936. The Kier molecular flexibility index (Phi) is 3.47. The Bertz CT molecular complexity index is 257. The minimum Gasteiger partial charge on any atom is -0.330 e.